The SMILES string of the molecule is O=C(NCCN1CCc2ccccc2C1)NC1C2CC3CC(C2)CC1C3. The van der Waals surface area contributed by atoms with Gasteiger partial charge in [0.25, 0.3) is 0 Å². The minimum Gasteiger partial charge on any atom is -0.337 e. The zero-order valence-corrected chi connectivity index (χ0v) is 15.6. The Hall–Kier alpha value is -1.55. The normalized spacial score (nSPS) is 35.2. The fraction of sp³-hybridized carbons (Fsp3) is 0.682. The number of nitrogens with one attached hydrogen (secondary N) is 2. The first kappa shape index (κ1) is 16.6. The van der Waals surface area contributed by atoms with Gasteiger partial charge in [0.15, 0.2) is 0 Å². The lowest BCUT2D eigenvalue weighted by molar-refractivity contribution is -0.00942. The van der Waals surface area contributed by atoms with Crippen LogP contribution in [-0.2, 0) is 13.0 Å². The number of carbonyl (C=O) groups excluding carboxylic acids is 1. The summed E-state index contributed by atoms with van der Waals surface area (Å²) in [6.45, 7) is 3.77. The molecule has 26 heavy (non-hydrogen) atoms. The monoisotopic (exact) mass is 353 g/mol. The van der Waals surface area contributed by atoms with Crippen molar-refractivity contribution < 1.29 is 4.79 Å². The van der Waals surface area contributed by atoms with E-state index >= 15 is 0 Å². The van der Waals surface area contributed by atoms with E-state index in [1.54, 1.807) is 0 Å². The minimum atomic E-state index is 0.0554. The molecule has 140 valence electrons. The molecule has 4 bridgehead atoms. The van der Waals surface area contributed by atoms with Gasteiger partial charge in [-0.1, -0.05) is 24.3 Å². The second kappa shape index (κ2) is 6.88. The van der Waals surface area contributed by atoms with E-state index in [9.17, 15) is 4.79 Å². The maximum atomic E-state index is 12.4. The van der Waals surface area contributed by atoms with Gasteiger partial charge in [0.05, 0.1) is 0 Å². The average molecular weight is 354 g/mol. The van der Waals surface area contributed by atoms with Gasteiger partial charge in [0.1, 0.15) is 0 Å². The van der Waals surface area contributed by atoms with Gasteiger partial charge < -0.3 is 10.6 Å². The third-order valence-electron chi connectivity index (χ3n) is 7.45. The molecule has 2 N–H and O–H groups in total. The van der Waals surface area contributed by atoms with Crippen LogP contribution in [0.15, 0.2) is 24.3 Å². The van der Waals surface area contributed by atoms with Crippen molar-refractivity contribution >= 4 is 6.03 Å². The number of urea groups is 1. The number of hydrogen-bond donors (Lipinski definition) is 2. The highest BCUT2D eigenvalue weighted by atomic mass is 16.2. The maximum absolute atomic E-state index is 12.4. The molecule has 4 heteroatoms. The van der Waals surface area contributed by atoms with Gasteiger partial charge in [0, 0.05) is 32.2 Å². The Morgan fingerprint density at radius 2 is 1.69 bits per heavy atom. The molecule has 5 aliphatic rings. The van der Waals surface area contributed by atoms with Gasteiger partial charge in [0.2, 0.25) is 0 Å². The predicted molar refractivity (Wildman–Crippen MR) is 103 cm³/mol. The standard InChI is InChI=1S/C22H31N3O/c26-22(24-21-19-10-15-9-16(12-19)13-20(21)11-15)23-6-8-25-7-5-17-3-1-2-4-18(17)14-25/h1-4,15-16,19-21H,5-14H2,(H2,23,24,26). The number of hydrogen-bond acceptors (Lipinski definition) is 2. The molecule has 0 unspecified atom stereocenters. The Labute approximate surface area is 156 Å². The third-order valence-corrected chi connectivity index (χ3v) is 7.45. The summed E-state index contributed by atoms with van der Waals surface area (Å²) >= 11 is 0. The summed E-state index contributed by atoms with van der Waals surface area (Å²) in [4.78, 5) is 14.9. The van der Waals surface area contributed by atoms with E-state index in [-0.39, 0.29) is 6.03 Å². The highest BCUT2D eigenvalue weighted by molar-refractivity contribution is 5.74. The number of rotatable bonds is 4. The number of benzene rings is 1. The van der Waals surface area contributed by atoms with E-state index < -0.39 is 0 Å². The number of carbonyl (C=O) groups is 1. The van der Waals surface area contributed by atoms with Crippen LogP contribution in [0.4, 0.5) is 4.79 Å². The lowest BCUT2D eigenvalue weighted by Gasteiger charge is -2.54. The molecular weight excluding hydrogens is 322 g/mol. The summed E-state index contributed by atoms with van der Waals surface area (Å²) < 4.78 is 0. The molecule has 0 spiro atoms. The Bertz CT molecular complexity index is 645. The van der Waals surface area contributed by atoms with Gasteiger partial charge in [-0.2, -0.15) is 0 Å². The molecule has 6 rings (SSSR count). The summed E-state index contributed by atoms with van der Waals surface area (Å²) in [5, 5.41) is 6.47. The Kier molecular flexibility index (Phi) is 4.39. The molecule has 1 heterocycles. The number of fused-ring (bicyclic) bond motifs is 1. The molecule has 0 atom stereocenters. The van der Waals surface area contributed by atoms with Crippen molar-refractivity contribution in [1.82, 2.24) is 15.5 Å². The maximum Gasteiger partial charge on any atom is 0.315 e. The lowest BCUT2D eigenvalue weighted by Crippen LogP contribution is -2.57. The molecular formula is C22H31N3O. The molecule has 0 aromatic heterocycles. The minimum absolute atomic E-state index is 0.0554. The predicted octanol–water partition coefficient (Wildman–Crippen LogP) is 3.17. The summed E-state index contributed by atoms with van der Waals surface area (Å²) in [6.07, 6.45) is 7.99. The molecule has 2 amide bonds. The Balaban J connectivity index is 1.08. The van der Waals surface area contributed by atoms with Crippen LogP contribution >= 0.6 is 0 Å². The molecule has 4 saturated carbocycles. The van der Waals surface area contributed by atoms with Gasteiger partial charge in [-0.3, -0.25) is 4.90 Å². The van der Waals surface area contributed by atoms with E-state index in [2.05, 4.69) is 39.8 Å². The van der Waals surface area contributed by atoms with Crippen LogP contribution in [0.3, 0.4) is 0 Å². The lowest BCUT2D eigenvalue weighted by atomic mass is 9.54. The first-order valence-corrected chi connectivity index (χ1v) is 10.6. The first-order valence-electron chi connectivity index (χ1n) is 10.6. The van der Waals surface area contributed by atoms with Crippen molar-refractivity contribution in [2.24, 2.45) is 23.7 Å². The van der Waals surface area contributed by atoms with Gasteiger partial charge in [-0.15, -0.1) is 0 Å². The average Bonchev–Trinajstić information content (AvgIpc) is 2.64. The summed E-state index contributed by atoms with van der Waals surface area (Å²) in [7, 11) is 0. The van der Waals surface area contributed by atoms with Crippen molar-refractivity contribution in [3.8, 4) is 0 Å². The highest BCUT2D eigenvalue weighted by Crippen LogP contribution is 2.53. The largest absolute Gasteiger partial charge is 0.337 e. The molecule has 1 aromatic rings. The molecule has 4 aliphatic carbocycles. The molecule has 1 aromatic carbocycles. The first-order chi connectivity index (χ1) is 12.7. The van der Waals surface area contributed by atoms with Crippen molar-refractivity contribution in [2.45, 2.75) is 51.1 Å². The summed E-state index contributed by atoms with van der Waals surface area (Å²) in [5.41, 5.74) is 2.92. The summed E-state index contributed by atoms with van der Waals surface area (Å²) in [6, 6.07) is 9.21. The highest BCUT2D eigenvalue weighted by Gasteiger charge is 2.48. The van der Waals surface area contributed by atoms with E-state index in [4.69, 9.17) is 0 Å². The molecule has 4 nitrogen and oxygen atoms in total. The molecule has 0 saturated heterocycles. The van der Waals surface area contributed by atoms with Gasteiger partial charge in [-0.25, -0.2) is 4.79 Å². The Morgan fingerprint density at radius 1 is 1.00 bits per heavy atom. The van der Waals surface area contributed by atoms with E-state index in [0.29, 0.717) is 6.04 Å². The van der Waals surface area contributed by atoms with E-state index in [1.807, 2.05) is 0 Å². The quantitative estimate of drug-likeness (QED) is 0.873. The molecule has 4 fully saturated rings. The summed E-state index contributed by atoms with van der Waals surface area (Å²) in [5.74, 6) is 3.41. The fourth-order valence-corrected chi connectivity index (χ4v) is 6.44. The third kappa shape index (κ3) is 3.24. The van der Waals surface area contributed by atoms with Crippen LogP contribution in [-0.4, -0.2) is 36.6 Å². The smallest absolute Gasteiger partial charge is 0.315 e. The Morgan fingerprint density at radius 3 is 2.42 bits per heavy atom. The van der Waals surface area contributed by atoms with Crippen LogP contribution in [0.25, 0.3) is 0 Å². The van der Waals surface area contributed by atoms with Crippen LogP contribution in [0.5, 0.6) is 0 Å². The van der Waals surface area contributed by atoms with E-state index in [1.165, 1.54) is 43.2 Å². The zero-order chi connectivity index (χ0) is 17.5. The van der Waals surface area contributed by atoms with Crippen molar-refractivity contribution in [2.75, 3.05) is 19.6 Å². The van der Waals surface area contributed by atoms with Gasteiger partial charge >= 0.3 is 6.03 Å². The van der Waals surface area contributed by atoms with Crippen molar-refractivity contribution in [3.63, 3.8) is 0 Å². The van der Waals surface area contributed by atoms with Crippen molar-refractivity contribution in [3.05, 3.63) is 35.4 Å². The topological polar surface area (TPSA) is 44.4 Å². The zero-order valence-electron chi connectivity index (χ0n) is 15.6. The second-order valence-corrected chi connectivity index (χ2v) is 9.15. The molecule has 0 radical (unpaired) electrons. The molecule has 1 aliphatic heterocycles. The van der Waals surface area contributed by atoms with Crippen molar-refractivity contribution in [1.29, 1.82) is 0 Å². The van der Waals surface area contributed by atoms with Crippen LogP contribution in [0.1, 0.15) is 43.2 Å². The number of amides is 2. The van der Waals surface area contributed by atoms with Gasteiger partial charge in [-0.05, 0) is 73.3 Å². The van der Waals surface area contributed by atoms with Crippen LogP contribution in [0, 0.1) is 23.7 Å². The van der Waals surface area contributed by atoms with Crippen LogP contribution < -0.4 is 10.6 Å². The fourth-order valence-electron chi connectivity index (χ4n) is 6.44. The van der Waals surface area contributed by atoms with E-state index in [0.717, 1.165) is 56.3 Å². The second-order valence-electron chi connectivity index (χ2n) is 9.15. The van der Waals surface area contributed by atoms with Crippen LogP contribution in [0.2, 0.25) is 0 Å². The number of nitrogens with zero attached hydrogens (tertiary/aromatic N) is 1.